The van der Waals surface area contributed by atoms with Gasteiger partial charge in [0, 0.05) is 0 Å². The molecule has 4 rings (SSSR count). The Morgan fingerprint density at radius 3 is 2.14 bits per heavy atom. The zero-order chi connectivity index (χ0) is 20.4. The van der Waals surface area contributed by atoms with Gasteiger partial charge in [-0.15, -0.1) is 35.2 Å². The number of halogens is 2. The molecule has 1 N–H and O–H groups in total. The Bertz CT molecular complexity index is 949. The van der Waals surface area contributed by atoms with Crippen molar-refractivity contribution < 1.29 is 22.1 Å². The van der Waals surface area contributed by atoms with Gasteiger partial charge in [-0.1, -0.05) is 76.7 Å². The monoisotopic (exact) mass is 445 g/mol. The number of hydrogen-bond donors (Lipinski definition) is 1. The molecule has 3 aromatic rings. The SMILES string of the molecule is CC1=CC(C)=C(c2[c-]c3ccccc3cc2)C1.OCc1ccccc1.[Cl][Ti][Cl]. The van der Waals surface area contributed by atoms with Crippen LogP contribution in [0.4, 0.5) is 0 Å². The molecule has 0 aliphatic heterocycles. The van der Waals surface area contributed by atoms with Crippen molar-refractivity contribution in [3.63, 3.8) is 0 Å². The van der Waals surface area contributed by atoms with Crippen molar-refractivity contribution in [3.8, 4) is 0 Å². The van der Waals surface area contributed by atoms with E-state index >= 15 is 0 Å². The first-order valence-corrected chi connectivity index (χ1v) is 13.3. The summed E-state index contributed by atoms with van der Waals surface area (Å²) in [7, 11) is 9.78. The van der Waals surface area contributed by atoms with Crippen molar-refractivity contribution >= 4 is 35.0 Å². The van der Waals surface area contributed by atoms with E-state index in [2.05, 4.69) is 62.4 Å². The molecule has 0 aromatic heterocycles. The van der Waals surface area contributed by atoms with Gasteiger partial charge in [-0.3, -0.25) is 0 Å². The molecule has 0 unspecified atom stereocenters. The van der Waals surface area contributed by atoms with Crippen molar-refractivity contribution in [1.29, 1.82) is 0 Å². The van der Waals surface area contributed by atoms with Crippen LogP contribution in [0.3, 0.4) is 0 Å². The van der Waals surface area contributed by atoms with Gasteiger partial charge >= 0.3 is 35.6 Å². The Kier molecular flexibility index (Phi) is 10.0. The van der Waals surface area contributed by atoms with Crippen LogP contribution in [0.15, 0.2) is 84.0 Å². The summed E-state index contributed by atoms with van der Waals surface area (Å²) in [6, 6.07) is 25.8. The van der Waals surface area contributed by atoms with Crippen LogP contribution in [0.2, 0.25) is 0 Å². The van der Waals surface area contributed by atoms with Gasteiger partial charge in [-0.2, -0.15) is 0 Å². The second-order valence-electron chi connectivity index (χ2n) is 6.50. The van der Waals surface area contributed by atoms with Gasteiger partial charge in [0.05, 0.1) is 6.61 Å². The third-order valence-electron chi connectivity index (χ3n) is 4.40. The number of fused-ring (bicyclic) bond motifs is 1. The topological polar surface area (TPSA) is 20.2 Å². The first kappa shape index (κ1) is 22.9. The molecule has 0 amide bonds. The van der Waals surface area contributed by atoms with Crippen LogP contribution in [-0.4, -0.2) is 5.11 Å². The predicted octanol–water partition coefficient (Wildman–Crippen LogP) is 7.32. The molecule has 3 aromatic carbocycles. The summed E-state index contributed by atoms with van der Waals surface area (Å²) in [6.07, 6.45) is 3.35. The predicted molar refractivity (Wildman–Crippen MR) is 118 cm³/mol. The number of aliphatic hydroxyl groups excluding tert-OH is 1. The van der Waals surface area contributed by atoms with E-state index in [1.165, 1.54) is 33.1 Å². The van der Waals surface area contributed by atoms with Crippen LogP contribution in [-0.2, 0) is 23.6 Å². The summed E-state index contributed by atoms with van der Waals surface area (Å²) in [5, 5.41) is 11.0. The van der Waals surface area contributed by atoms with Crippen molar-refractivity contribution in [3.05, 3.63) is 101 Å². The molecule has 4 heteroatoms. The molecule has 144 valence electrons. The van der Waals surface area contributed by atoms with E-state index in [0.717, 1.165) is 12.0 Å². The molecule has 0 saturated carbocycles. The van der Waals surface area contributed by atoms with Crippen molar-refractivity contribution in [1.82, 2.24) is 0 Å². The van der Waals surface area contributed by atoms with Gasteiger partial charge in [-0.05, 0) is 25.8 Å². The van der Waals surface area contributed by atoms with Gasteiger partial charge in [0.15, 0.2) is 0 Å². The van der Waals surface area contributed by atoms with Gasteiger partial charge in [0.25, 0.3) is 0 Å². The Morgan fingerprint density at radius 2 is 1.57 bits per heavy atom. The summed E-state index contributed by atoms with van der Waals surface area (Å²) in [6.45, 7) is 4.52. The maximum absolute atomic E-state index is 8.54. The van der Waals surface area contributed by atoms with E-state index in [-0.39, 0.29) is 6.61 Å². The van der Waals surface area contributed by atoms with Crippen LogP contribution in [0.1, 0.15) is 31.4 Å². The van der Waals surface area contributed by atoms with Crippen LogP contribution in [0.25, 0.3) is 16.3 Å². The third-order valence-corrected chi connectivity index (χ3v) is 4.40. The number of aliphatic hydroxyl groups is 1. The Morgan fingerprint density at radius 1 is 0.929 bits per heavy atom. The van der Waals surface area contributed by atoms with Crippen LogP contribution in [0.5, 0.6) is 0 Å². The average molecular weight is 446 g/mol. The minimum atomic E-state index is -0.556. The Hall–Kier alpha value is -1.35. The molecule has 1 aliphatic carbocycles. The van der Waals surface area contributed by atoms with E-state index in [1.54, 1.807) is 0 Å². The first-order valence-electron chi connectivity index (χ1n) is 8.98. The number of hydrogen-bond acceptors (Lipinski definition) is 1. The molecule has 0 bridgehead atoms. The summed E-state index contributed by atoms with van der Waals surface area (Å²) in [5.41, 5.74) is 6.46. The summed E-state index contributed by atoms with van der Waals surface area (Å²) in [4.78, 5) is 0. The van der Waals surface area contributed by atoms with E-state index in [9.17, 15) is 0 Å². The number of benzene rings is 3. The normalized spacial score (nSPS) is 12.5. The number of allylic oxidation sites excluding steroid dienone is 4. The first-order chi connectivity index (χ1) is 13.6. The van der Waals surface area contributed by atoms with Crippen molar-refractivity contribution in [2.75, 3.05) is 0 Å². The molecular formula is C24H23Cl2OTi-. The average Bonchev–Trinajstić information content (AvgIpc) is 3.07. The van der Waals surface area contributed by atoms with Gasteiger partial charge < -0.3 is 5.11 Å². The maximum atomic E-state index is 8.54. The zero-order valence-corrected chi connectivity index (χ0v) is 19.1. The molecular weight excluding hydrogens is 423 g/mol. The molecule has 0 fully saturated rings. The van der Waals surface area contributed by atoms with E-state index in [1.807, 2.05) is 30.3 Å². The summed E-state index contributed by atoms with van der Waals surface area (Å²) in [5.74, 6) is 0. The molecule has 0 heterocycles. The second-order valence-corrected chi connectivity index (χ2v) is 9.08. The second kappa shape index (κ2) is 12.3. The van der Waals surface area contributed by atoms with E-state index < -0.39 is 17.0 Å². The van der Waals surface area contributed by atoms with Crippen molar-refractivity contribution in [2.24, 2.45) is 0 Å². The Balaban J connectivity index is 0.000000213. The van der Waals surface area contributed by atoms with Crippen LogP contribution in [0, 0.1) is 6.07 Å². The van der Waals surface area contributed by atoms with E-state index in [0.29, 0.717) is 0 Å². The molecule has 0 spiro atoms. The quantitative estimate of drug-likeness (QED) is 0.323. The fourth-order valence-corrected chi connectivity index (χ4v) is 3.11. The molecule has 0 atom stereocenters. The molecule has 0 radical (unpaired) electrons. The standard InChI is InChI=1S/C17H15.C7H8O.2ClH.Ti/c1-12-9-13(2)17(10-12)16-8-7-14-5-3-4-6-15(14)11-16;8-6-7-4-2-1-3-5-7;;;/h3-9H,10H2,1-2H3;1-5,8H,6H2;2*1H;/q-1;;;;+2/p-2. The summed E-state index contributed by atoms with van der Waals surface area (Å²) >= 11 is -0.556. The molecule has 1 nitrogen and oxygen atoms in total. The fraction of sp³-hybridized carbons (Fsp3) is 0.167. The zero-order valence-electron chi connectivity index (χ0n) is 16.0. The third kappa shape index (κ3) is 6.92. The van der Waals surface area contributed by atoms with Gasteiger partial charge in [0.1, 0.15) is 0 Å². The van der Waals surface area contributed by atoms with Crippen LogP contribution >= 0.6 is 18.6 Å². The van der Waals surface area contributed by atoms with Crippen LogP contribution < -0.4 is 0 Å². The van der Waals surface area contributed by atoms with E-state index in [4.69, 9.17) is 23.7 Å². The fourth-order valence-electron chi connectivity index (χ4n) is 3.11. The summed E-state index contributed by atoms with van der Waals surface area (Å²) < 4.78 is 0. The van der Waals surface area contributed by atoms with Gasteiger partial charge in [-0.25, -0.2) is 0 Å². The van der Waals surface area contributed by atoms with Gasteiger partial charge in [0.2, 0.25) is 0 Å². The number of rotatable bonds is 2. The molecule has 0 saturated heterocycles. The Labute approximate surface area is 184 Å². The van der Waals surface area contributed by atoms with Crippen molar-refractivity contribution in [2.45, 2.75) is 26.9 Å². The minimum absolute atomic E-state index is 0.140. The molecule has 1 aliphatic rings. The molecule has 28 heavy (non-hydrogen) atoms.